The van der Waals surface area contributed by atoms with Crippen molar-refractivity contribution in [2.75, 3.05) is 13.2 Å². The maximum absolute atomic E-state index is 12.2. The first kappa shape index (κ1) is 59.1. The van der Waals surface area contributed by atoms with Crippen LogP contribution < -0.4 is 0 Å². The van der Waals surface area contributed by atoms with Crippen LogP contribution in [-0.4, -0.2) is 36.4 Å². The number of allylic oxidation sites excluding steroid dienone is 6. The summed E-state index contributed by atoms with van der Waals surface area (Å²) in [4.78, 5) is 24.3. The minimum Gasteiger partial charge on any atom is -0.462 e. The standard InChI is InChI=1S/C56H104O5/c1-3-5-7-9-11-13-15-16-17-18-19-20-21-22-23-24-25-26-27-28-29-30-31-32-33-34-35-36-37-38-39-40-41-43-45-47-49-51-56(59)61-54(52-57)53-60-55(58)50-48-46-44-42-14-12-10-8-6-4-2/h8,10,15-16,18-19,54,57H,3-7,9,11-14,17,20-53H2,1-2H3/b10-8-,16-15-,19-18-. The average molecular weight is 857 g/mol. The lowest BCUT2D eigenvalue weighted by molar-refractivity contribution is -0.161. The Kier molecular flexibility index (Phi) is 50.8. The molecule has 0 saturated heterocycles. The van der Waals surface area contributed by atoms with Crippen LogP contribution in [0.1, 0.15) is 290 Å². The monoisotopic (exact) mass is 857 g/mol. The van der Waals surface area contributed by atoms with Crippen LogP contribution in [0.15, 0.2) is 36.5 Å². The van der Waals surface area contributed by atoms with Crippen molar-refractivity contribution < 1.29 is 24.2 Å². The summed E-state index contributed by atoms with van der Waals surface area (Å²) in [5.41, 5.74) is 0. The molecule has 0 aromatic heterocycles. The van der Waals surface area contributed by atoms with E-state index in [0.717, 1.165) is 57.8 Å². The van der Waals surface area contributed by atoms with E-state index in [2.05, 4.69) is 50.3 Å². The lowest BCUT2D eigenvalue weighted by Crippen LogP contribution is -2.28. The van der Waals surface area contributed by atoms with E-state index in [9.17, 15) is 14.7 Å². The Morgan fingerprint density at radius 3 is 1.05 bits per heavy atom. The van der Waals surface area contributed by atoms with Gasteiger partial charge in [0.15, 0.2) is 6.10 Å². The molecule has 0 rings (SSSR count). The first-order chi connectivity index (χ1) is 30.1. The number of aliphatic hydroxyl groups is 1. The zero-order chi connectivity index (χ0) is 44.2. The van der Waals surface area contributed by atoms with Gasteiger partial charge in [0.05, 0.1) is 6.61 Å². The molecule has 0 bridgehead atoms. The SMILES string of the molecule is CCC/C=C\CCCCCCCC(=O)OCC(CO)OC(=O)CCCCCCCCCCCCCCCCCCCCCCCCCCC/C=C\C/C=C\CCCCCCC. The zero-order valence-corrected chi connectivity index (χ0v) is 40.9. The van der Waals surface area contributed by atoms with Crippen molar-refractivity contribution in [2.24, 2.45) is 0 Å². The minimum absolute atomic E-state index is 0.0663. The molecule has 0 aliphatic carbocycles. The van der Waals surface area contributed by atoms with Gasteiger partial charge in [-0.3, -0.25) is 9.59 Å². The molecule has 1 atom stereocenters. The van der Waals surface area contributed by atoms with Crippen molar-refractivity contribution in [3.05, 3.63) is 36.5 Å². The second-order valence-electron chi connectivity index (χ2n) is 18.3. The van der Waals surface area contributed by atoms with Crippen molar-refractivity contribution in [2.45, 2.75) is 296 Å². The maximum Gasteiger partial charge on any atom is 0.306 e. The van der Waals surface area contributed by atoms with Crippen LogP contribution in [-0.2, 0) is 19.1 Å². The highest BCUT2D eigenvalue weighted by atomic mass is 16.6. The Balaban J connectivity index is 3.35. The van der Waals surface area contributed by atoms with Crippen LogP contribution in [0.4, 0.5) is 0 Å². The molecular formula is C56H104O5. The number of rotatable bonds is 50. The Bertz CT molecular complexity index is 970. The summed E-state index contributed by atoms with van der Waals surface area (Å²) in [6.07, 6.45) is 67.2. The molecule has 1 N–H and O–H groups in total. The smallest absolute Gasteiger partial charge is 0.306 e. The van der Waals surface area contributed by atoms with Crippen LogP contribution in [0.2, 0.25) is 0 Å². The fourth-order valence-electron chi connectivity index (χ4n) is 8.06. The van der Waals surface area contributed by atoms with Crippen LogP contribution in [0.3, 0.4) is 0 Å². The second kappa shape index (κ2) is 52.5. The number of carbonyl (C=O) groups excluding carboxylic acids is 2. The van der Waals surface area contributed by atoms with Crippen LogP contribution in [0.5, 0.6) is 0 Å². The fraction of sp³-hybridized carbons (Fsp3) is 0.857. The van der Waals surface area contributed by atoms with Gasteiger partial charge in [0.2, 0.25) is 0 Å². The van der Waals surface area contributed by atoms with Crippen molar-refractivity contribution in [3.8, 4) is 0 Å². The van der Waals surface area contributed by atoms with E-state index in [1.54, 1.807) is 0 Å². The molecule has 0 aromatic rings. The van der Waals surface area contributed by atoms with Crippen LogP contribution in [0.25, 0.3) is 0 Å². The molecule has 0 aromatic carbocycles. The number of carbonyl (C=O) groups is 2. The van der Waals surface area contributed by atoms with Gasteiger partial charge in [0, 0.05) is 12.8 Å². The fourth-order valence-corrected chi connectivity index (χ4v) is 8.06. The number of unbranched alkanes of at least 4 members (excludes halogenated alkanes) is 36. The predicted octanol–water partition coefficient (Wildman–Crippen LogP) is 17.9. The van der Waals surface area contributed by atoms with E-state index in [1.165, 1.54) is 205 Å². The first-order valence-corrected chi connectivity index (χ1v) is 27.0. The van der Waals surface area contributed by atoms with Crippen molar-refractivity contribution in [1.82, 2.24) is 0 Å². The molecule has 0 radical (unpaired) electrons. The highest BCUT2D eigenvalue weighted by Crippen LogP contribution is 2.17. The van der Waals surface area contributed by atoms with E-state index >= 15 is 0 Å². The Labute approximate surface area is 380 Å². The predicted molar refractivity (Wildman–Crippen MR) is 265 cm³/mol. The van der Waals surface area contributed by atoms with Gasteiger partial charge >= 0.3 is 11.9 Å². The van der Waals surface area contributed by atoms with Crippen LogP contribution >= 0.6 is 0 Å². The van der Waals surface area contributed by atoms with Gasteiger partial charge in [0.1, 0.15) is 6.61 Å². The summed E-state index contributed by atoms with van der Waals surface area (Å²) >= 11 is 0. The van der Waals surface area contributed by atoms with Crippen molar-refractivity contribution in [1.29, 1.82) is 0 Å². The molecule has 0 aliphatic heterocycles. The van der Waals surface area contributed by atoms with Gasteiger partial charge in [-0.25, -0.2) is 0 Å². The number of ether oxygens (including phenoxy) is 2. The van der Waals surface area contributed by atoms with E-state index in [4.69, 9.17) is 9.47 Å². The van der Waals surface area contributed by atoms with Gasteiger partial charge in [-0.1, -0.05) is 249 Å². The summed E-state index contributed by atoms with van der Waals surface area (Å²) in [5.74, 6) is -0.592. The van der Waals surface area contributed by atoms with Gasteiger partial charge in [-0.05, 0) is 64.2 Å². The summed E-state index contributed by atoms with van der Waals surface area (Å²) in [6, 6.07) is 0. The minimum atomic E-state index is -0.770. The largest absolute Gasteiger partial charge is 0.462 e. The second-order valence-corrected chi connectivity index (χ2v) is 18.3. The topological polar surface area (TPSA) is 72.8 Å². The van der Waals surface area contributed by atoms with E-state index < -0.39 is 6.10 Å². The highest BCUT2D eigenvalue weighted by molar-refractivity contribution is 5.70. The molecular weight excluding hydrogens is 753 g/mol. The van der Waals surface area contributed by atoms with Crippen molar-refractivity contribution >= 4 is 11.9 Å². The maximum atomic E-state index is 12.2. The average Bonchev–Trinajstić information content (AvgIpc) is 3.26. The normalized spacial score (nSPS) is 12.4. The third-order valence-electron chi connectivity index (χ3n) is 12.1. The molecule has 0 heterocycles. The molecule has 0 fully saturated rings. The molecule has 5 heteroatoms. The number of hydrogen-bond donors (Lipinski definition) is 1. The molecule has 1 unspecified atom stereocenters. The summed E-state index contributed by atoms with van der Waals surface area (Å²) in [6.45, 7) is 4.08. The van der Waals surface area contributed by atoms with Crippen LogP contribution in [0, 0.1) is 0 Å². The number of aliphatic hydroxyl groups excluding tert-OH is 1. The lowest BCUT2D eigenvalue weighted by atomic mass is 10.0. The molecule has 5 nitrogen and oxygen atoms in total. The molecule has 0 spiro atoms. The summed E-state index contributed by atoms with van der Waals surface area (Å²) < 4.78 is 10.6. The molecule has 0 amide bonds. The molecule has 0 saturated carbocycles. The number of esters is 2. The van der Waals surface area contributed by atoms with E-state index in [0.29, 0.717) is 12.8 Å². The third-order valence-corrected chi connectivity index (χ3v) is 12.1. The highest BCUT2D eigenvalue weighted by Gasteiger charge is 2.16. The van der Waals surface area contributed by atoms with E-state index in [-0.39, 0.29) is 25.2 Å². The number of hydrogen-bond acceptors (Lipinski definition) is 5. The summed E-state index contributed by atoms with van der Waals surface area (Å²) in [7, 11) is 0. The van der Waals surface area contributed by atoms with Gasteiger partial charge in [-0.15, -0.1) is 0 Å². The Hall–Kier alpha value is -1.88. The third kappa shape index (κ3) is 50.6. The molecule has 61 heavy (non-hydrogen) atoms. The Morgan fingerprint density at radius 2 is 0.689 bits per heavy atom. The van der Waals surface area contributed by atoms with E-state index in [1.807, 2.05) is 0 Å². The summed E-state index contributed by atoms with van der Waals surface area (Å²) in [5, 5.41) is 9.58. The lowest BCUT2D eigenvalue weighted by Gasteiger charge is -2.15. The zero-order valence-electron chi connectivity index (χ0n) is 40.9. The molecule has 0 aliphatic rings. The first-order valence-electron chi connectivity index (χ1n) is 27.0. The molecule has 358 valence electrons. The quantitative estimate of drug-likeness (QED) is 0.0375. The van der Waals surface area contributed by atoms with Crippen molar-refractivity contribution in [3.63, 3.8) is 0 Å². The van der Waals surface area contributed by atoms with Gasteiger partial charge in [-0.2, -0.15) is 0 Å². The van der Waals surface area contributed by atoms with Gasteiger partial charge in [0.25, 0.3) is 0 Å². The van der Waals surface area contributed by atoms with Gasteiger partial charge < -0.3 is 14.6 Å². The Morgan fingerprint density at radius 1 is 0.377 bits per heavy atom.